The maximum atomic E-state index is 12.5. The van der Waals surface area contributed by atoms with Gasteiger partial charge in [-0.15, -0.1) is 6.42 Å². The van der Waals surface area contributed by atoms with Crippen LogP contribution in [-0.2, 0) is 0 Å². The van der Waals surface area contributed by atoms with Crippen LogP contribution in [0.5, 0.6) is 5.88 Å². The molecule has 0 aliphatic carbocycles. The second-order valence-corrected chi connectivity index (χ2v) is 6.29. The molecule has 2 heterocycles. The molecule has 1 aromatic heterocycles. The number of ether oxygens (including phenoxy) is 1. The second-order valence-electron chi connectivity index (χ2n) is 6.29. The number of aromatic nitrogens is 2. The van der Waals surface area contributed by atoms with E-state index in [0.29, 0.717) is 38.1 Å². The van der Waals surface area contributed by atoms with Crippen LogP contribution in [0.25, 0.3) is 0 Å². The van der Waals surface area contributed by atoms with Crippen molar-refractivity contribution in [2.24, 2.45) is 5.92 Å². The van der Waals surface area contributed by atoms with Crippen LogP contribution in [-0.4, -0.2) is 59.7 Å². The molecule has 2 rings (SSSR count). The molecule has 0 aromatic carbocycles. The monoisotopic (exact) mass is 345 g/mol. The average molecular weight is 345 g/mol. The van der Waals surface area contributed by atoms with Crippen molar-refractivity contribution in [2.75, 3.05) is 37.7 Å². The number of urea groups is 1. The van der Waals surface area contributed by atoms with Crippen molar-refractivity contribution in [3.63, 3.8) is 0 Å². The van der Waals surface area contributed by atoms with Gasteiger partial charge in [0.25, 0.3) is 0 Å². The van der Waals surface area contributed by atoms with E-state index in [1.807, 2.05) is 20.8 Å². The topological polar surface area (TPSA) is 70.6 Å². The first-order chi connectivity index (χ1) is 12.0. The molecule has 7 heteroatoms. The first-order valence-electron chi connectivity index (χ1n) is 8.77. The fourth-order valence-electron chi connectivity index (χ4n) is 2.66. The highest BCUT2D eigenvalue weighted by molar-refractivity contribution is 5.75. The predicted octanol–water partition coefficient (Wildman–Crippen LogP) is 1.75. The number of rotatable bonds is 5. The Morgan fingerprint density at radius 3 is 2.88 bits per heavy atom. The summed E-state index contributed by atoms with van der Waals surface area (Å²) in [6.45, 7) is 9.23. The summed E-state index contributed by atoms with van der Waals surface area (Å²) in [4.78, 5) is 25.1. The number of anilines is 1. The van der Waals surface area contributed by atoms with Gasteiger partial charge in [-0.05, 0) is 19.3 Å². The standard InChI is InChI=1S/C18H27N5O2/c1-5-15(14(3)4)20-18(24)23-11-7-10-22(12-13-23)17-19-9-8-16(21-17)25-6-2/h1,8-9,14-15H,6-7,10-13H2,2-4H3,(H,20,24)/t15-/m0/s1. The molecule has 1 atom stereocenters. The van der Waals surface area contributed by atoms with Crippen molar-refractivity contribution in [2.45, 2.75) is 33.2 Å². The van der Waals surface area contributed by atoms with Crippen molar-refractivity contribution in [1.82, 2.24) is 20.2 Å². The number of terminal acetylenes is 1. The fraction of sp³-hybridized carbons (Fsp3) is 0.611. The summed E-state index contributed by atoms with van der Waals surface area (Å²) in [5.74, 6) is 4.04. The van der Waals surface area contributed by atoms with Crippen LogP contribution in [0.1, 0.15) is 27.2 Å². The zero-order valence-corrected chi connectivity index (χ0v) is 15.2. The molecule has 0 radical (unpaired) electrons. The predicted molar refractivity (Wildman–Crippen MR) is 97.6 cm³/mol. The Morgan fingerprint density at radius 1 is 1.40 bits per heavy atom. The largest absolute Gasteiger partial charge is 0.478 e. The van der Waals surface area contributed by atoms with Crippen molar-refractivity contribution >= 4 is 12.0 Å². The molecule has 7 nitrogen and oxygen atoms in total. The SMILES string of the molecule is C#C[C@H](NC(=O)N1CCCN(c2nccc(OCC)n2)CC1)C(C)C. The third kappa shape index (κ3) is 5.24. The summed E-state index contributed by atoms with van der Waals surface area (Å²) in [5.41, 5.74) is 0. The van der Waals surface area contributed by atoms with E-state index in [2.05, 4.69) is 26.1 Å². The molecule has 1 aliphatic rings. The molecule has 1 aromatic rings. The summed E-state index contributed by atoms with van der Waals surface area (Å²) < 4.78 is 5.44. The molecule has 1 saturated heterocycles. The van der Waals surface area contributed by atoms with E-state index >= 15 is 0 Å². The lowest BCUT2D eigenvalue weighted by molar-refractivity contribution is 0.197. The second kappa shape index (κ2) is 9.11. The molecule has 2 amide bonds. The van der Waals surface area contributed by atoms with Gasteiger partial charge in [0.15, 0.2) is 0 Å². The maximum Gasteiger partial charge on any atom is 0.318 e. The van der Waals surface area contributed by atoms with Crippen molar-refractivity contribution in [3.05, 3.63) is 12.3 Å². The molecule has 0 saturated carbocycles. The molecule has 136 valence electrons. The number of nitrogens with zero attached hydrogens (tertiary/aromatic N) is 4. The Bertz CT molecular complexity index is 614. The fourth-order valence-corrected chi connectivity index (χ4v) is 2.66. The van der Waals surface area contributed by atoms with Gasteiger partial charge in [0, 0.05) is 38.4 Å². The van der Waals surface area contributed by atoms with Crippen LogP contribution in [0.3, 0.4) is 0 Å². The molecular weight excluding hydrogens is 318 g/mol. The van der Waals surface area contributed by atoms with Gasteiger partial charge < -0.3 is 19.9 Å². The lowest BCUT2D eigenvalue weighted by Crippen LogP contribution is -2.47. The minimum absolute atomic E-state index is 0.109. The van der Waals surface area contributed by atoms with Gasteiger partial charge in [-0.3, -0.25) is 0 Å². The van der Waals surface area contributed by atoms with Gasteiger partial charge in [-0.25, -0.2) is 9.78 Å². The molecule has 1 fully saturated rings. The third-order valence-electron chi connectivity index (χ3n) is 4.10. The van der Waals surface area contributed by atoms with E-state index in [9.17, 15) is 4.79 Å². The van der Waals surface area contributed by atoms with E-state index in [1.54, 1.807) is 17.2 Å². The highest BCUT2D eigenvalue weighted by atomic mass is 16.5. The van der Waals surface area contributed by atoms with Gasteiger partial charge in [0.2, 0.25) is 11.8 Å². The number of nitrogens with one attached hydrogen (secondary N) is 1. The third-order valence-corrected chi connectivity index (χ3v) is 4.10. The number of hydrogen-bond donors (Lipinski definition) is 1. The van der Waals surface area contributed by atoms with Crippen molar-refractivity contribution < 1.29 is 9.53 Å². The van der Waals surface area contributed by atoms with Gasteiger partial charge >= 0.3 is 6.03 Å². The normalized spacial score (nSPS) is 16.1. The van der Waals surface area contributed by atoms with Crippen LogP contribution < -0.4 is 15.0 Å². The molecule has 0 bridgehead atoms. The Kier molecular flexibility index (Phi) is 6.87. The summed E-state index contributed by atoms with van der Waals surface area (Å²) in [6.07, 6.45) is 8.04. The lowest BCUT2D eigenvalue weighted by atomic mass is 10.1. The Balaban J connectivity index is 1.97. The Labute approximate surface area is 149 Å². The molecule has 0 unspecified atom stereocenters. The van der Waals surface area contributed by atoms with Crippen LogP contribution in [0.15, 0.2) is 12.3 Å². The van der Waals surface area contributed by atoms with E-state index in [-0.39, 0.29) is 18.0 Å². The molecular formula is C18H27N5O2. The summed E-state index contributed by atoms with van der Waals surface area (Å²) in [5, 5.41) is 2.93. The van der Waals surface area contributed by atoms with Crippen LogP contribution in [0.4, 0.5) is 10.7 Å². The Morgan fingerprint density at radius 2 is 2.20 bits per heavy atom. The molecule has 1 N–H and O–H groups in total. The van der Waals surface area contributed by atoms with Crippen LogP contribution in [0, 0.1) is 18.3 Å². The average Bonchev–Trinajstić information content (AvgIpc) is 2.86. The van der Waals surface area contributed by atoms with Gasteiger partial charge in [0.1, 0.15) is 0 Å². The Hall–Kier alpha value is -2.49. The van der Waals surface area contributed by atoms with Gasteiger partial charge in [0.05, 0.1) is 12.6 Å². The minimum atomic E-state index is -0.252. The van der Waals surface area contributed by atoms with E-state index < -0.39 is 0 Å². The summed E-state index contributed by atoms with van der Waals surface area (Å²) >= 11 is 0. The number of hydrogen-bond acceptors (Lipinski definition) is 5. The zero-order chi connectivity index (χ0) is 18.2. The smallest absolute Gasteiger partial charge is 0.318 e. The quantitative estimate of drug-likeness (QED) is 0.824. The van der Waals surface area contributed by atoms with E-state index in [1.165, 1.54) is 0 Å². The number of amides is 2. The number of carbonyl (C=O) groups excluding carboxylic acids is 1. The summed E-state index contributed by atoms with van der Waals surface area (Å²) in [6, 6.07) is 1.39. The first kappa shape index (κ1) is 18.8. The highest BCUT2D eigenvalue weighted by Gasteiger charge is 2.23. The molecule has 0 spiro atoms. The number of carbonyl (C=O) groups is 1. The van der Waals surface area contributed by atoms with Crippen molar-refractivity contribution in [3.8, 4) is 18.2 Å². The highest BCUT2D eigenvalue weighted by Crippen LogP contribution is 2.15. The minimum Gasteiger partial charge on any atom is -0.478 e. The van der Waals surface area contributed by atoms with Gasteiger partial charge in [-0.2, -0.15) is 4.98 Å². The molecule has 1 aliphatic heterocycles. The van der Waals surface area contributed by atoms with E-state index in [0.717, 1.165) is 13.0 Å². The van der Waals surface area contributed by atoms with Crippen LogP contribution in [0.2, 0.25) is 0 Å². The van der Waals surface area contributed by atoms with E-state index in [4.69, 9.17) is 11.2 Å². The molecule has 25 heavy (non-hydrogen) atoms. The first-order valence-corrected chi connectivity index (χ1v) is 8.77. The zero-order valence-electron chi connectivity index (χ0n) is 15.2. The maximum absolute atomic E-state index is 12.5. The van der Waals surface area contributed by atoms with Gasteiger partial charge in [-0.1, -0.05) is 19.8 Å². The summed E-state index contributed by atoms with van der Waals surface area (Å²) in [7, 11) is 0. The lowest BCUT2D eigenvalue weighted by Gasteiger charge is -2.25. The van der Waals surface area contributed by atoms with Crippen LogP contribution >= 0.6 is 0 Å². The van der Waals surface area contributed by atoms with Crippen molar-refractivity contribution in [1.29, 1.82) is 0 Å².